The number of halogens is 2. The lowest BCUT2D eigenvalue weighted by Gasteiger charge is -2.36. The van der Waals surface area contributed by atoms with E-state index in [1.165, 1.54) is 55.6 Å². The zero-order chi connectivity index (χ0) is 64.0. The third-order valence-corrected chi connectivity index (χ3v) is 15.3. The minimum atomic E-state index is -2.12. The summed E-state index contributed by atoms with van der Waals surface area (Å²) in [5, 5.41) is 113. The molecule has 0 aromatic heterocycles. The second-order valence-corrected chi connectivity index (χ2v) is 22.1. The maximum Gasteiger partial charge on any atom is 0.330 e. The lowest BCUT2D eigenvalue weighted by molar-refractivity contribution is -0.230. The number of nitrogens with one attached hydrogen (secondary N) is 6. The highest BCUT2D eigenvalue weighted by molar-refractivity contribution is 6.32. The Balaban J connectivity index is 1.22. The number of aliphatic hydroxyl groups excluding tert-OH is 5. The number of fused-ring (bicyclic) bond motifs is 13. The number of carbonyl (C=O) groups is 8. The number of aliphatic carboxylic acids is 1. The van der Waals surface area contributed by atoms with E-state index in [1.807, 2.05) is 13.8 Å². The Labute approximate surface area is 510 Å². The van der Waals surface area contributed by atoms with Crippen molar-refractivity contribution in [2.75, 3.05) is 13.7 Å². The van der Waals surface area contributed by atoms with E-state index in [2.05, 4.69) is 31.9 Å². The number of carboxylic acid groups (broad SMARTS) is 1. The number of amides is 5. The average molecular weight is 1260 g/mol. The minimum absolute atomic E-state index is 0.0481. The van der Waals surface area contributed by atoms with Crippen molar-refractivity contribution in [3.8, 4) is 57.1 Å². The summed E-state index contributed by atoms with van der Waals surface area (Å²) in [6.07, 6.45) is -10.2. The monoisotopic (exact) mass is 1260 g/mol. The molecule has 468 valence electrons. The summed E-state index contributed by atoms with van der Waals surface area (Å²) in [6.45, 7) is 2.94. The van der Waals surface area contributed by atoms with Gasteiger partial charge in [0.25, 0.3) is 0 Å². The Morgan fingerprint density at radius 1 is 0.795 bits per heavy atom. The van der Waals surface area contributed by atoms with Gasteiger partial charge in [0.15, 0.2) is 17.5 Å². The summed E-state index contributed by atoms with van der Waals surface area (Å²) in [6, 6.07) is 4.35. The van der Waals surface area contributed by atoms with E-state index in [0.29, 0.717) is 12.7 Å². The van der Waals surface area contributed by atoms with E-state index in [0.717, 1.165) is 30.3 Å². The molecule has 4 aliphatic rings. The van der Waals surface area contributed by atoms with E-state index in [-0.39, 0.29) is 73.5 Å². The molecule has 5 aromatic rings. The first kappa shape index (κ1) is 65.3. The molecule has 4 heterocycles. The molecule has 1 saturated heterocycles. The van der Waals surface area contributed by atoms with Crippen LogP contribution in [0.2, 0.25) is 10.0 Å². The number of hydrogen-bond donors (Lipinski definition) is 15. The number of benzene rings is 5. The Hall–Kier alpha value is -8.64. The van der Waals surface area contributed by atoms with Gasteiger partial charge >= 0.3 is 5.97 Å². The molecule has 9 rings (SSSR count). The maximum absolute atomic E-state index is 14.4. The molecule has 0 radical (unpaired) electrons. The third kappa shape index (κ3) is 14.5. The Kier molecular flexibility index (Phi) is 20.8. The van der Waals surface area contributed by atoms with Crippen LogP contribution in [0, 0.1) is 5.92 Å². The minimum Gasteiger partial charge on any atom is -0.508 e. The molecule has 27 nitrogen and oxygen atoms in total. The normalized spacial score (nSPS) is 24.3. The molecule has 1 fully saturated rings. The summed E-state index contributed by atoms with van der Waals surface area (Å²) in [5.74, 6) is -10.4. The van der Waals surface area contributed by atoms with Gasteiger partial charge in [-0.15, -0.1) is 0 Å². The summed E-state index contributed by atoms with van der Waals surface area (Å²) in [5.41, 5.74) is -1.23. The van der Waals surface area contributed by atoms with Gasteiger partial charge in [-0.2, -0.15) is 0 Å². The quantitative estimate of drug-likeness (QED) is 0.0631. The number of ether oxygens (including phenoxy) is 4. The highest BCUT2D eigenvalue weighted by atomic mass is 35.5. The topological polar surface area (TPSA) is 428 Å². The summed E-state index contributed by atoms with van der Waals surface area (Å²) in [4.78, 5) is 108. The van der Waals surface area contributed by atoms with Crippen molar-refractivity contribution < 1.29 is 103 Å². The maximum atomic E-state index is 14.4. The number of phenols is 3. The second kappa shape index (κ2) is 28.0. The lowest BCUT2D eigenvalue weighted by atomic mass is 9.89. The van der Waals surface area contributed by atoms with Crippen LogP contribution in [0.15, 0.2) is 78.9 Å². The molecule has 6 bridgehead atoms. The van der Waals surface area contributed by atoms with Crippen molar-refractivity contribution in [3.05, 3.63) is 117 Å². The van der Waals surface area contributed by atoms with Crippen molar-refractivity contribution in [3.63, 3.8) is 0 Å². The molecule has 12 atom stereocenters. The van der Waals surface area contributed by atoms with Crippen LogP contribution in [0.25, 0.3) is 11.1 Å². The van der Waals surface area contributed by atoms with Crippen LogP contribution in [-0.2, 0) is 43.1 Å². The predicted molar refractivity (Wildman–Crippen MR) is 307 cm³/mol. The van der Waals surface area contributed by atoms with Gasteiger partial charge in [0.2, 0.25) is 41.6 Å². The molecule has 15 N–H and O–H groups in total. The number of phenolic OH excluding ortho intramolecular Hbond substituents is 3. The van der Waals surface area contributed by atoms with Crippen molar-refractivity contribution in [1.29, 1.82) is 0 Å². The number of aromatic hydroxyl groups is 3. The molecule has 5 amide bonds. The third-order valence-electron chi connectivity index (χ3n) is 14.7. The lowest BCUT2D eigenvalue weighted by Crippen LogP contribution is -2.56. The number of rotatable bonds is 16. The van der Waals surface area contributed by atoms with E-state index in [4.69, 9.17) is 42.1 Å². The van der Waals surface area contributed by atoms with Crippen molar-refractivity contribution in [2.45, 2.75) is 113 Å². The van der Waals surface area contributed by atoms with E-state index in [1.54, 1.807) is 0 Å². The van der Waals surface area contributed by atoms with E-state index in [9.17, 15) is 84.3 Å². The molecular formula is C59H62Cl2N6O21. The predicted octanol–water partition coefficient (Wildman–Crippen LogP) is 2.70. The van der Waals surface area contributed by atoms with Crippen LogP contribution in [0.5, 0.6) is 46.0 Å². The molecule has 88 heavy (non-hydrogen) atoms. The van der Waals surface area contributed by atoms with Crippen LogP contribution in [0.1, 0.15) is 97.7 Å². The van der Waals surface area contributed by atoms with Gasteiger partial charge in [-0.3, -0.25) is 24.0 Å². The first-order valence-corrected chi connectivity index (χ1v) is 28.1. The average Bonchev–Trinajstić information content (AvgIpc) is 1.55. The fourth-order valence-corrected chi connectivity index (χ4v) is 10.5. The molecule has 0 aliphatic carbocycles. The van der Waals surface area contributed by atoms with Gasteiger partial charge in [0.05, 0.1) is 22.8 Å². The highest BCUT2D eigenvalue weighted by Gasteiger charge is 2.41. The van der Waals surface area contributed by atoms with Crippen molar-refractivity contribution in [2.24, 2.45) is 5.92 Å². The van der Waals surface area contributed by atoms with Gasteiger partial charge < -0.3 is 106 Å². The Morgan fingerprint density at radius 2 is 1.53 bits per heavy atom. The molecule has 0 spiro atoms. The zero-order valence-electron chi connectivity index (χ0n) is 46.9. The highest BCUT2D eigenvalue weighted by Crippen LogP contribution is 2.49. The number of aliphatic hydroxyl groups is 5. The van der Waals surface area contributed by atoms with Crippen LogP contribution < -0.4 is 46.1 Å². The van der Waals surface area contributed by atoms with Gasteiger partial charge in [0, 0.05) is 42.0 Å². The zero-order valence-corrected chi connectivity index (χ0v) is 48.4. The summed E-state index contributed by atoms with van der Waals surface area (Å²) >= 11 is 13.8. The largest absolute Gasteiger partial charge is 0.508 e. The second-order valence-electron chi connectivity index (χ2n) is 21.3. The number of hydrogen-bond acceptors (Lipinski definition) is 21. The Morgan fingerprint density at radius 3 is 2.19 bits per heavy atom. The number of aldehydes is 2. The summed E-state index contributed by atoms with van der Waals surface area (Å²) < 4.78 is 24.9. The van der Waals surface area contributed by atoms with Crippen molar-refractivity contribution in [1.82, 2.24) is 31.9 Å². The molecule has 5 aromatic carbocycles. The Bertz CT molecular complexity index is 3520. The molecule has 1 unspecified atom stereocenters. The van der Waals surface area contributed by atoms with E-state index < -0.39 is 168 Å². The molecular weight excluding hydrogens is 1200 g/mol. The van der Waals surface area contributed by atoms with Gasteiger partial charge in [-0.05, 0) is 96.2 Å². The molecule has 4 aliphatic heterocycles. The SMILES string of the molecule is CNC1C(=O)N[C@@H]([C@H](O)c2ccc(Oc3cc4cc(c3O[C@H]3C[C@@H](O)[C@H](O)[C@@H](CO)O3)Oc3ccc(cc3Cl)[C@@H](O)[C@@H](NC(=O)CCC(C)C)C(=O)N[C@@H](CC=O)C(=O)N[C@H]4C=O)c(Cl)c2)C(=O)N[C@H](C(=O)O)c2cc(O)cc(O)c2-c2cc1ccc2O. The number of likely N-dealkylation sites (N-methyl/N-ethyl adjacent to an activating group) is 1. The molecule has 29 heteroatoms. The van der Waals surface area contributed by atoms with Gasteiger partial charge in [0.1, 0.15) is 95.9 Å². The summed E-state index contributed by atoms with van der Waals surface area (Å²) in [7, 11) is 1.38. The van der Waals surface area contributed by atoms with Gasteiger partial charge in [-0.1, -0.05) is 55.2 Å². The van der Waals surface area contributed by atoms with Crippen LogP contribution in [0.3, 0.4) is 0 Å². The van der Waals surface area contributed by atoms with Crippen LogP contribution >= 0.6 is 23.2 Å². The van der Waals surface area contributed by atoms with Crippen LogP contribution in [0.4, 0.5) is 0 Å². The molecule has 0 saturated carbocycles. The van der Waals surface area contributed by atoms with Crippen molar-refractivity contribution >= 4 is 71.3 Å². The number of carboxylic acids is 1. The van der Waals surface area contributed by atoms with Crippen LogP contribution in [-0.4, -0.2) is 150 Å². The standard InChI is InChI=1S/C59H62Cl2N6O21/c1-24(2)4-11-44(75)65-49-51(76)26-6-9-39(32(60)15-26)85-41-17-28(35(22-69)64-55(79)34(12-13-68)63-57(49)81)18-42(54(41)88-45-21-38(74)53(78)43(23-70)87-45)86-40-10-7-27(16-33(40)61)52(77)50-58(82)66-48(59(83)84)31-19-29(71)20-37(73)46(31)30-14-25(5-8-36(30)72)47(62-3)56(80)67-50/h5-10,13-20,22,24,34-35,38,43,45,47-53,62,70-74,76-78H,4,11-12,21,23H2,1-3H3,(H,63,81)(H,64,79)(H,65,75)(H,66,82)(H,67,80)(H,83,84)/t34-,35-,38+,43+,45-,47?,48-,49+,50-,51+,52+,53-/m0/s1. The fraction of sp³-hybridized carbons (Fsp3) is 0.356. The smallest absolute Gasteiger partial charge is 0.330 e. The first-order chi connectivity index (χ1) is 41.8. The van der Waals surface area contributed by atoms with E-state index >= 15 is 0 Å². The first-order valence-electron chi connectivity index (χ1n) is 27.3. The number of carbonyl (C=O) groups excluding carboxylic acids is 7. The van der Waals surface area contributed by atoms with Gasteiger partial charge in [-0.25, -0.2) is 4.79 Å². The fourth-order valence-electron chi connectivity index (χ4n) is 10.1.